The van der Waals surface area contributed by atoms with E-state index in [1.165, 1.54) is 12.0 Å². The third-order valence-electron chi connectivity index (χ3n) is 15.1. The van der Waals surface area contributed by atoms with E-state index < -0.39 is 77.8 Å². The van der Waals surface area contributed by atoms with Gasteiger partial charge in [0.2, 0.25) is 5.79 Å². The van der Waals surface area contributed by atoms with E-state index in [4.69, 9.17) is 28.4 Å². The molecule has 0 spiro atoms. The summed E-state index contributed by atoms with van der Waals surface area (Å²) in [5, 5.41) is 23.5. The number of carbonyl (C=O) groups is 5. The Bertz CT molecular complexity index is 1830. The average Bonchev–Trinajstić information content (AvgIpc) is 3.33. The summed E-state index contributed by atoms with van der Waals surface area (Å²) in [5.74, 6) is -7.69. The van der Waals surface area contributed by atoms with Crippen LogP contribution in [0.4, 0.5) is 0 Å². The van der Waals surface area contributed by atoms with Crippen molar-refractivity contribution in [2.75, 3.05) is 38.9 Å². The van der Waals surface area contributed by atoms with Crippen LogP contribution in [0.3, 0.4) is 0 Å². The summed E-state index contributed by atoms with van der Waals surface area (Å²) in [6, 6.07) is -1.13. The minimum Gasteiger partial charge on any atom is -0.460 e. The highest BCUT2D eigenvalue weighted by atomic mass is 127. The molecule has 3 aliphatic heterocycles. The van der Waals surface area contributed by atoms with Crippen LogP contribution in [0.1, 0.15) is 132 Å². The third-order valence-corrected chi connectivity index (χ3v) is 15.8. The van der Waals surface area contributed by atoms with Gasteiger partial charge in [0.1, 0.15) is 18.2 Å². The molecular weight excluding hydrogens is 997 g/mol. The number of hydrogen-bond acceptors (Lipinski definition) is 13. The van der Waals surface area contributed by atoms with Gasteiger partial charge in [-0.1, -0.05) is 93.7 Å². The number of Topliss-reactive ketones (excluding diaryl/α,β-unsaturated/α-hetero) is 3. The molecule has 0 aromatic rings. The summed E-state index contributed by atoms with van der Waals surface area (Å²) >= 11 is 2.34. The first-order valence-electron chi connectivity index (χ1n) is 25.5. The van der Waals surface area contributed by atoms with Crippen molar-refractivity contribution in [2.45, 2.75) is 186 Å². The van der Waals surface area contributed by atoms with Crippen LogP contribution < -0.4 is 0 Å². The number of ketones is 3. The number of amides is 1. The van der Waals surface area contributed by atoms with Gasteiger partial charge in [-0.3, -0.25) is 19.2 Å². The van der Waals surface area contributed by atoms with Crippen LogP contribution in [0.5, 0.6) is 0 Å². The number of esters is 1. The zero-order valence-corrected chi connectivity index (χ0v) is 45.2. The molecule has 4 rings (SSSR count). The Labute approximate surface area is 425 Å². The van der Waals surface area contributed by atoms with E-state index >= 15 is 0 Å². The fourth-order valence-corrected chi connectivity index (χ4v) is 10.9. The summed E-state index contributed by atoms with van der Waals surface area (Å²) in [4.78, 5) is 72.3. The molecule has 15 atom stereocenters. The molecule has 2 N–H and O–H groups in total. The Balaban J connectivity index is 1.69. The highest BCUT2D eigenvalue weighted by Crippen LogP contribution is 2.38. The van der Waals surface area contributed by atoms with Crippen LogP contribution in [0.25, 0.3) is 0 Å². The predicted octanol–water partition coefficient (Wildman–Crippen LogP) is 8.03. The quantitative estimate of drug-likeness (QED) is 0.0706. The van der Waals surface area contributed by atoms with Crippen molar-refractivity contribution < 1.29 is 62.6 Å². The van der Waals surface area contributed by atoms with E-state index in [9.17, 15) is 34.2 Å². The first kappa shape index (κ1) is 58.9. The van der Waals surface area contributed by atoms with Gasteiger partial charge >= 0.3 is 5.97 Å². The van der Waals surface area contributed by atoms with Crippen molar-refractivity contribution in [1.82, 2.24) is 4.90 Å². The van der Waals surface area contributed by atoms with Gasteiger partial charge in [0.25, 0.3) is 11.7 Å². The highest BCUT2D eigenvalue weighted by molar-refractivity contribution is 14.1. The van der Waals surface area contributed by atoms with Crippen LogP contribution in [0, 0.1) is 35.5 Å². The third kappa shape index (κ3) is 16.4. The lowest BCUT2D eigenvalue weighted by atomic mass is 9.78. The number of alkyl halides is 1. The van der Waals surface area contributed by atoms with Gasteiger partial charge in [-0.15, -0.1) is 0 Å². The maximum Gasteiger partial charge on any atom is 0.329 e. The van der Waals surface area contributed by atoms with E-state index in [1.807, 2.05) is 58.1 Å². The number of fused-ring (bicyclic) bond motifs is 3. The number of halogens is 1. The summed E-state index contributed by atoms with van der Waals surface area (Å²) < 4.78 is 37.1. The molecule has 2 saturated heterocycles. The Morgan fingerprint density at radius 1 is 0.884 bits per heavy atom. The summed E-state index contributed by atoms with van der Waals surface area (Å²) in [5.41, 5.74) is 1.22. The van der Waals surface area contributed by atoms with Crippen LogP contribution in [0.2, 0.25) is 0 Å². The van der Waals surface area contributed by atoms with Crippen molar-refractivity contribution in [1.29, 1.82) is 0 Å². The molecule has 0 aromatic heterocycles. The molecule has 14 nitrogen and oxygen atoms in total. The number of cyclic esters (lactones) is 1. The largest absolute Gasteiger partial charge is 0.460 e. The second kappa shape index (κ2) is 28.6. The zero-order valence-electron chi connectivity index (χ0n) is 43.1. The van der Waals surface area contributed by atoms with E-state index in [2.05, 4.69) is 22.6 Å². The van der Waals surface area contributed by atoms with Gasteiger partial charge in [0, 0.05) is 69.5 Å². The fraction of sp³-hybridized carbons (Fsp3) is 0.759. The van der Waals surface area contributed by atoms with E-state index in [1.54, 1.807) is 41.1 Å². The number of rotatable bonds is 10. The monoisotopic (exact) mass is 1080 g/mol. The second-order valence-corrected chi connectivity index (χ2v) is 21.6. The maximum absolute atomic E-state index is 14.5. The first-order chi connectivity index (χ1) is 32.8. The number of aliphatic hydroxyl groups is 2. The first-order valence-corrected chi connectivity index (χ1v) is 27.0. The van der Waals surface area contributed by atoms with Crippen molar-refractivity contribution in [3.8, 4) is 0 Å². The summed E-state index contributed by atoms with van der Waals surface area (Å²) in [6.07, 6.45) is 13.8. The Hall–Kier alpha value is -2.64. The zero-order chi connectivity index (χ0) is 51.0. The van der Waals surface area contributed by atoms with Gasteiger partial charge in [0.05, 0.1) is 30.5 Å². The minimum absolute atomic E-state index is 0.0176. The van der Waals surface area contributed by atoms with Gasteiger partial charge in [-0.2, -0.15) is 0 Å². The molecule has 3 fully saturated rings. The summed E-state index contributed by atoms with van der Waals surface area (Å²) in [7, 11) is 4.68. The van der Waals surface area contributed by atoms with E-state index in [0.717, 1.165) is 35.7 Å². The Morgan fingerprint density at radius 3 is 2.30 bits per heavy atom. The highest BCUT2D eigenvalue weighted by Gasteiger charge is 2.53. The van der Waals surface area contributed by atoms with Crippen molar-refractivity contribution in [3.05, 3.63) is 47.6 Å². The molecule has 1 aliphatic carbocycles. The Morgan fingerprint density at radius 2 is 1.62 bits per heavy atom. The topological polar surface area (TPSA) is 184 Å². The molecular formula is C54H84INO13. The molecule has 0 radical (unpaired) electrons. The molecule has 1 saturated carbocycles. The summed E-state index contributed by atoms with van der Waals surface area (Å²) in [6.45, 7) is 13.6. The molecule has 1 amide bonds. The van der Waals surface area contributed by atoms with Gasteiger partial charge < -0.3 is 43.5 Å². The van der Waals surface area contributed by atoms with Crippen molar-refractivity contribution >= 4 is 51.8 Å². The standard InChI is InChI=1S/C54H84INO13/c1-33-17-12-11-13-18-34(2)45(64-8)31-41-22-20-39(7)54(63,69-41)51(60)52(61)56-25-15-14-19-42(56)53(62)68-46(36(4)29-40-21-23-44(47(30-40)65-9)67-26-16-24-55)32-43(57)35(3)28-38(6)49(59)50(66-10)48(58)37(5)27-33/h11-13,17-18,28,33,36-42,44-47,49-50,59,63H,14-16,19-27,29-32H2,1-10H3/t33-,36-,37-,38?,39-,40+,41+,42+,44-,45+,46+,47-,49-,50+,54-/m1/s1. The van der Waals surface area contributed by atoms with Crippen LogP contribution in [0.15, 0.2) is 47.6 Å². The number of nitrogens with zero attached hydrogens (tertiary/aromatic N) is 1. The minimum atomic E-state index is -2.42. The van der Waals surface area contributed by atoms with Gasteiger partial charge in [0.15, 0.2) is 11.6 Å². The Kier molecular flexibility index (Phi) is 24.4. The average molecular weight is 1080 g/mol. The molecule has 69 heavy (non-hydrogen) atoms. The molecule has 15 heteroatoms. The molecule has 2 bridgehead atoms. The van der Waals surface area contributed by atoms with E-state index in [-0.39, 0.29) is 60.9 Å². The maximum atomic E-state index is 14.5. The number of carbonyl (C=O) groups excluding carboxylic acids is 5. The molecule has 0 aromatic carbocycles. The number of hydrogen-bond donors (Lipinski definition) is 2. The van der Waals surface area contributed by atoms with Crippen LogP contribution >= 0.6 is 22.6 Å². The molecule has 3 heterocycles. The number of piperidine rings is 1. The van der Waals surface area contributed by atoms with Crippen molar-refractivity contribution in [3.63, 3.8) is 0 Å². The van der Waals surface area contributed by atoms with Crippen molar-refractivity contribution in [2.24, 2.45) is 35.5 Å². The normalized spacial score (nSPS) is 36.3. The number of methoxy groups -OCH3 is 3. The molecule has 390 valence electrons. The fourth-order valence-electron chi connectivity index (χ4n) is 10.6. The lowest BCUT2D eigenvalue weighted by Crippen LogP contribution is -2.61. The number of allylic oxidation sites excluding steroid dienone is 6. The van der Waals surface area contributed by atoms with Gasteiger partial charge in [-0.25, -0.2) is 4.79 Å². The number of aliphatic hydroxyl groups excluding tert-OH is 1. The predicted molar refractivity (Wildman–Crippen MR) is 272 cm³/mol. The lowest BCUT2D eigenvalue weighted by molar-refractivity contribution is -0.265. The smallest absolute Gasteiger partial charge is 0.329 e. The SMILES string of the molecule is CO[C@H]1C[C@@H]2CC[C@@H](C)[C@@](O)(O2)C(=O)C(=O)N2CCCC[C@H]2C(=O)O[C@H]([C@H](C)C[C@@H]2CC[C@@H](OCCCI)[C@H](OC)C2)CC(=O)C(C)=CC(C)[C@@H](O)[C@@H](OC)C(=O)[C@H](C)C[C@H](C)C=CC=CC=C1C. The molecule has 1 unspecified atom stereocenters. The van der Waals surface area contributed by atoms with Gasteiger partial charge in [-0.05, 0) is 113 Å². The van der Waals surface area contributed by atoms with Crippen LogP contribution in [-0.4, -0.2) is 138 Å². The van der Waals surface area contributed by atoms with Crippen LogP contribution in [-0.2, 0) is 52.4 Å². The van der Waals surface area contributed by atoms with E-state index in [0.29, 0.717) is 57.1 Å². The number of ether oxygens (including phenoxy) is 6. The molecule has 4 aliphatic rings. The second-order valence-electron chi connectivity index (χ2n) is 20.5. The lowest BCUT2D eigenvalue weighted by Gasteiger charge is -2.42.